The van der Waals surface area contributed by atoms with Crippen molar-refractivity contribution in [2.45, 2.75) is 64.5 Å². The lowest BCUT2D eigenvalue weighted by atomic mass is 9.85. The fourth-order valence-electron chi connectivity index (χ4n) is 2.80. The maximum Gasteiger partial charge on any atom is 0.138 e. The minimum atomic E-state index is 0.0354. The van der Waals surface area contributed by atoms with E-state index in [4.69, 9.17) is 10.5 Å². The zero-order chi connectivity index (χ0) is 13.7. The van der Waals surface area contributed by atoms with Crippen LogP contribution >= 0.6 is 0 Å². The van der Waals surface area contributed by atoms with E-state index in [9.17, 15) is 0 Å². The molecule has 3 atom stereocenters. The summed E-state index contributed by atoms with van der Waals surface area (Å²) >= 11 is 0. The zero-order valence-corrected chi connectivity index (χ0v) is 12.1. The van der Waals surface area contributed by atoms with Gasteiger partial charge in [0.15, 0.2) is 0 Å². The van der Waals surface area contributed by atoms with Crippen molar-refractivity contribution in [1.29, 1.82) is 0 Å². The second-order valence-corrected chi connectivity index (χ2v) is 5.61. The number of nitrogens with two attached hydrogens (primary N) is 1. The molecule has 19 heavy (non-hydrogen) atoms. The van der Waals surface area contributed by atoms with Gasteiger partial charge < -0.3 is 10.5 Å². The third kappa shape index (κ3) is 3.93. The molecule has 1 aliphatic rings. The van der Waals surface area contributed by atoms with Gasteiger partial charge in [-0.25, -0.2) is 0 Å². The molecule has 0 bridgehead atoms. The predicted octanol–water partition coefficient (Wildman–Crippen LogP) is 3.84. The molecule has 3 unspecified atom stereocenters. The molecular weight excluding hydrogens is 236 g/mol. The molecule has 1 aromatic heterocycles. The van der Waals surface area contributed by atoms with E-state index in [1.165, 1.54) is 32.1 Å². The van der Waals surface area contributed by atoms with Gasteiger partial charge in [-0.1, -0.05) is 26.7 Å². The smallest absolute Gasteiger partial charge is 0.138 e. The van der Waals surface area contributed by atoms with E-state index < -0.39 is 0 Å². The van der Waals surface area contributed by atoms with E-state index in [1.54, 1.807) is 0 Å². The summed E-state index contributed by atoms with van der Waals surface area (Å²) in [5.74, 6) is 1.72. The highest BCUT2D eigenvalue weighted by Crippen LogP contribution is 2.29. The van der Waals surface area contributed by atoms with Crippen LogP contribution in [0, 0.1) is 5.92 Å². The van der Waals surface area contributed by atoms with Crippen molar-refractivity contribution in [3.8, 4) is 5.75 Å². The zero-order valence-electron chi connectivity index (χ0n) is 12.1. The van der Waals surface area contributed by atoms with Crippen LogP contribution in [-0.2, 0) is 0 Å². The van der Waals surface area contributed by atoms with Crippen LogP contribution in [0.25, 0.3) is 0 Å². The molecule has 1 saturated carbocycles. The third-order valence-corrected chi connectivity index (χ3v) is 4.19. The lowest BCUT2D eigenvalue weighted by molar-refractivity contribution is 0.121. The number of ether oxygens (including phenoxy) is 1. The number of rotatable bonds is 5. The van der Waals surface area contributed by atoms with Gasteiger partial charge in [-0.2, -0.15) is 0 Å². The van der Waals surface area contributed by atoms with Crippen LogP contribution in [0.3, 0.4) is 0 Å². The average Bonchev–Trinajstić information content (AvgIpc) is 2.47. The van der Waals surface area contributed by atoms with Crippen LogP contribution in [0.1, 0.15) is 64.1 Å². The maximum atomic E-state index is 6.05. The van der Waals surface area contributed by atoms with Gasteiger partial charge in [-0.3, -0.25) is 4.98 Å². The Balaban J connectivity index is 1.92. The molecule has 1 fully saturated rings. The van der Waals surface area contributed by atoms with Crippen LogP contribution in [0.4, 0.5) is 0 Å². The van der Waals surface area contributed by atoms with E-state index in [0.29, 0.717) is 6.10 Å². The van der Waals surface area contributed by atoms with Gasteiger partial charge in [0.2, 0.25) is 0 Å². The molecule has 3 heteroatoms. The van der Waals surface area contributed by atoms with E-state index in [0.717, 1.165) is 23.8 Å². The average molecular weight is 262 g/mol. The van der Waals surface area contributed by atoms with E-state index in [-0.39, 0.29) is 6.04 Å². The molecule has 3 nitrogen and oxygen atoms in total. The van der Waals surface area contributed by atoms with Crippen molar-refractivity contribution >= 4 is 0 Å². The monoisotopic (exact) mass is 262 g/mol. The molecule has 0 aliphatic heterocycles. The Hall–Kier alpha value is -1.09. The van der Waals surface area contributed by atoms with Gasteiger partial charge in [-0.15, -0.1) is 0 Å². The normalized spacial score (nSPS) is 25.0. The molecule has 0 saturated heterocycles. The predicted molar refractivity (Wildman–Crippen MR) is 78.1 cm³/mol. The number of nitrogens with zero attached hydrogens (tertiary/aromatic N) is 1. The number of hydrogen-bond donors (Lipinski definition) is 1. The third-order valence-electron chi connectivity index (χ3n) is 4.19. The molecule has 0 aromatic carbocycles. The molecular formula is C16H26N2O. The summed E-state index contributed by atoms with van der Waals surface area (Å²) in [5.41, 5.74) is 6.91. The van der Waals surface area contributed by atoms with Gasteiger partial charge in [0.25, 0.3) is 0 Å². The summed E-state index contributed by atoms with van der Waals surface area (Å²) in [6.45, 7) is 4.35. The second kappa shape index (κ2) is 6.90. The van der Waals surface area contributed by atoms with Crippen LogP contribution in [-0.4, -0.2) is 11.1 Å². The number of aromatic nitrogens is 1. The number of pyridine rings is 1. The molecule has 1 aromatic rings. The van der Waals surface area contributed by atoms with Crippen molar-refractivity contribution in [2.24, 2.45) is 11.7 Å². The number of hydrogen-bond acceptors (Lipinski definition) is 3. The molecule has 0 spiro atoms. The van der Waals surface area contributed by atoms with Crippen molar-refractivity contribution in [1.82, 2.24) is 4.98 Å². The van der Waals surface area contributed by atoms with Crippen molar-refractivity contribution in [2.75, 3.05) is 0 Å². The van der Waals surface area contributed by atoms with E-state index >= 15 is 0 Å². The lowest BCUT2D eigenvalue weighted by Crippen LogP contribution is -2.25. The highest BCUT2D eigenvalue weighted by Gasteiger charge is 2.22. The molecule has 0 radical (unpaired) electrons. The quantitative estimate of drug-likeness (QED) is 0.877. The van der Waals surface area contributed by atoms with Crippen molar-refractivity contribution < 1.29 is 4.74 Å². The summed E-state index contributed by atoms with van der Waals surface area (Å²) in [4.78, 5) is 4.40. The lowest BCUT2D eigenvalue weighted by Gasteiger charge is -2.28. The Morgan fingerprint density at radius 2 is 2.21 bits per heavy atom. The SMILES string of the molecule is CCC1CCCC(Oc2ccc(C(N)CC)nc2)C1. The van der Waals surface area contributed by atoms with Gasteiger partial charge in [0, 0.05) is 6.04 Å². The standard InChI is InChI=1S/C16H26N2O/c1-3-12-6-5-7-13(10-12)19-14-8-9-16(18-11-14)15(17)4-2/h8-9,11-13,15H,3-7,10,17H2,1-2H3. The van der Waals surface area contributed by atoms with Crippen LogP contribution < -0.4 is 10.5 Å². The summed E-state index contributed by atoms with van der Waals surface area (Å²) in [5, 5.41) is 0. The molecule has 1 heterocycles. The second-order valence-electron chi connectivity index (χ2n) is 5.61. The highest BCUT2D eigenvalue weighted by molar-refractivity contribution is 5.21. The Morgan fingerprint density at radius 3 is 2.84 bits per heavy atom. The maximum absolute atomic E-state index is 6.05. The summed E-state index contributed by atoms with van der Waals surface area (Å²) < 4.78 is 6.05. The summed E-state index contributed by atoms with van der Waals surface area (Å²) in [6, 6.07) is 4.03. The minimum absolute atomic E-state index is 0.0354. The van der Waals surface area contributed by atoms with E-state index in [1.807, 2.05) is 18.3 Å². The molecule has 0 amide bonds. The first-order chi connectivity index (χ1) is 9.22. The Kier molecular flexibility index (Phi) is 5.20. The van der Waals surface area contributed by atoms with Gasteiger partial charge in [0.05, 0.1) is 18.0 Å². The van der Waals surface area contributed by atoms with E-state index in [2.05, 4.69) is 18.8 Å². The molecule has 2 N–H and O–H groups in total. The van der Waals surface area contributed by atoms with Gasteiger partial charge in [0.1, 0.15) is 5.75 Å². The van der Waals surface area contributed by atoms with Crippen molar-refractivity contribution in [3.05, 3.63) is 24.0 Å². The summed E-state index contributed by atoms with van der Waals surface area (Å²) in [7, 11) is 0. The topological polar surface area (TPSA) is 48.1 Å². The molecule has 1 aliphatic carbocycles. The fourth-order valence-corrected chi connectivity index (χ4v) is 2.80. The van der Waals surface area contributed by atoms with Crippen LogP contribution in [0.2, 0.25) is 0 Å². The first-order valence-electron chi connectivity index (χ1n) is 7.61. The Morgan fingerprint density at radius 1 is 1.37 bits per heavy atom. The summed E-state index contributed by atoms with van der Waals surface area (Å²) in [6.07, 6.45) is 9.37. The molecule has 2 rings (SSSR count). The molecule has 106 valence electrons. The largest absolute Gasteiger partial charge is 0.489 e. The van der Waals surface area contributed by atoms with Gasteiger partial charge in [-0.05, 0) is 43.7 Å². The first kappa shape index (κ1) is 14.3. The van der Waals surface area contributed by atoms with Crippen LogP contribution in [0.15, 0.2) is 18.3 Å². The Labute approximate surface area is 116 Å². The van der Waals surface area contributed by atoms with Crippen LogP contribution in [0.5, 0.6) is 5.75 Å². The Bertz CT molecular complexity index is 377. The first-order valence-corrected chi connectivity index (χ1v) is 7.61. The highest BCUT2D eigenvalue weighted by atomic mass is 16.5. The van der Waals surface area contributed by atoms with Crippen molar-refractivity contribution in [3.63, 3.8) is 0 Å². The fraction of sp³-hybridized carbons (Fsp3) is 0.688. The van der Waals surface area contributed by atoms with Gasteiger partial charge >= 0.3 is 0 Å². The minimum Gasteiger partial charge on any atom is -0.489 e.